The number of carbonyl (C=O) groups is 1. The lowest BCUT2D eigenvalue weighted by Crippen LogP contribution is -2.13. The van der Waals surface area contributed by atoms with E-state index < -0.39 is 11.4 Å². The highest BCUT2D eigenvalue weighted by atomic mass is 16.4. The average Bonchev–Trinajstić information content (AvgIpc) is 2.43. The van der Waals surface area contributed by atoms with Gasteiger partial charge in [0.05, 0.1) is 5.41 Å². The fraction of sp³-hybridized carbons (Fsp3) is 0.556. The number of hydrogen-bond donors (Lipinski definition) is 1. The summed E-state index contributed by atoms with van der Waals surface area (Å²) in [7, 11) is 0. The molecule has 0 amide bonds. The lowest BCUT2D eigenvalue weighted by atomic mass is 10.1. The zero-order valence-corrected chi connectivity index (χ0v) is 6.79. The van der Waals surface area contributed by atoms with Crippen molar-refractivity contribution >= 4 is 5.97 Å². The first kappa shape index (κ1) is 8.09. The highest BCUT2D eigenvalue weighted by Crippen LogP contribution is 2.58. The van der Waals surface area contributed by atoms with Gasteiger partial charge in [0.25, 0.3) is 0 Å². The molecule has 0 spiro atoms. The molecule has 1 saturated carbocycles. The Morgan fingerprint density at radius 1 is 1.82 bits per heavy atom. The molecule has 1 aliphatic carbocycles. The first-order chi connectivity index (χ1) is 5.05. The number of allylic oxidation sites excluding steroid dienone is 1. The Balaban J connectivity index is 2.80. The molecule has 1 rings (SSSR count). The standard InChI is InChI=1S/C9H12O2/c1-4-5-7-6(2)9(7,3)8(10)11/h5-7H,1H2,2-3H3,(H,10,11). The summed E-state index contributed by atoms with van der Waals surface area (Å²) in [6, 6.07) is 0. The summed E-state index contributed by atoms with van der Waals surface area (Å²) in [5.74, 6) is -0.381. The Labute approximate surface area is 66.2 Å². The molecule has 0 saturated heterocycles. The van der Waals surface area contributed by atoms with E-state index in [1.807, 2.05) is 6.92 Å². The Hall–Kier alpha value is -1.01. The van der Waals surface area contributed by atoms with Crippen LogP contribution >= 0.6 is 0 Å². The number of hydrogen-bond acceptors (Lipinski definition) is 1. The lowest BCUT2D eigenvalue weighted by Gasteiger charge is -2.00. The van der Waals surface area contributed by atoms with Gasteiger partial charge >= 0.3 is 5.97 Å². The number of aliphatic carboxylic acids is 1. The van der Waals surface area contributed by atoms with Crippen LogP contribution in [-0.2, 0) is 4.79 Å². The molecular formula is C9H12O2. The van der Waals surface area contributed by atoms with Crippen molar-refractivity contribution in [3.05, 3.63) is 18.4 Å². The summed E-state index contributed by atoms with van der Waals surface area (Å²) in [5.41, 5.74) is 2.07. The fourth-order valence-corrected chi connectivity index (χ4v) is 1.55. The number of carboxylic acids is 1. The second-order valence-electron chi connectivity index (χ2n) is 3.27. The third-order valence-corrected chi connectivity index (χ3v) is 2.83. The quantitative estimate of drug-likeness (QED) is 0.611. The van der Waals surface area contributed by atoms with Crippen LogP contribution in [0.15, 0.2) is 18.4 Å². The van der Waals surface area contributed by atoms with Crippen LogP contribution in [0.3, 0.4) is 0 Å². The predicted octanol–water partition coefficient (Wildman–Crippen LogP) is 1.68. The molecule has 0 aromatic rings. The van der Waals surface area contributed by atoms with Crippen LogP contribution in [-0.4, -0.2) is 11.1 Å². The van der Waals surface area contributed by atoms with Gasteiger partial charge in [-0.15, -0.1) is 5.73 Å². The van der Waals surface area contributed by atoms with Crippen LogP contribution in [0, 0.1) is 17.3 Å². The van der Waals surface area contributed by atoms with Crippen molar-refractivity contribution in [1.29, 1.82) is 0 Å². The lowest BCUT2D eigenvalue weighted by molar-refractivity contribution is -0.143. The van der Waals surface area contributed by atoms with Crippen LogP contribution < -0.4 is 0 Å². The summed E-state index contributed by atoms with van der Waals surface area (Å²) < 4.78 is 0. The van der Waals surface area contributed by atoms with Gasteiger partial charge in [-0.2, -0.15) is 0 Å². The van der Waals surface area contributed by atoms with Crippen LogP contribution in [0.25, 0.3) is 0 Å². The molecular weight excluding hydrogens is 140 g/mol. The zero-order chi connectivity index (χ0) is 8.65. The van der Waals surface area contributed by atoms with Gasteiger partial charge in [-0.05, 0) is 18.9 Å². The van der Waals surface area contributed by atoms with E-state index >= 15 is 0 Å². The molecule has 0 aromatic heterocycles. The maximum atomic E-state index is 10.7. The van der Waals surface area contributed by atoms with Crippen molar-refractivity contribution in [2.24, 2.45) is 17.3 Å². The molecule has 0 heterocycles. The van der Waals surface area contributed by atoms with Gasteiger partial charge in [0.15, 0.2) is 0 Å². The SMILES string of the molecule is C=C=CC1C(C)C1(C)C(=O)O. The van der Waals surface area contributed by atoms with E-state index in [1.54, 1.807) is 13.0 Å². The smallest absolute Gasteiger partial charge is 0.310 e. The minimum atomic E-state index is -0.721. The second-order valence-corrected chi connectivity index (χ2v) is 3.27. The predicted molar refractivity (Wildman–Crippen MR) is 42.1 cm³/mol. The van der Waals surface area contributed by atoms with Crippen molar-refractivity contribution < 1.29 is 9.90 Å². The van der Waals surface area contributed by atoms with Crippen molar-refractivity contribution in [3.63, 3.8) is 0 Å². The van der Waals surface area contributed by atoms with E-state index in [2.05, 4.69) is 12.3 Å². The zero-order valence-electron chi connectivity index (χ0n) is 6.79. The van der Waals surface area contributed by atoms with E-state index in [0.717, 1.165) is 0 Å². The van der Waals surface area contributed by atoms with Crippen LogP contribution in [0.4, 0.5) is 0 Å². The Morgan fingerprint density at radius 3 is 2.64 bits per heavy atom. The molecule has 2 heteroatoms. The molecule has 0 bridgehead atoms. The molecule has 3 atom stereocenters. The average molecular weight is 152 g/mol. The normalized spacial score (nSPS) is 40.9. The minimum absolute atomic E-state index is 0.123. The number of rotatable bonds is 2. The summed E-state index contributed by atoms with van der Waals surface area (Å²) in [5, 5.41) is 8.81. The number of carboxylic acid groups (broad SMARTS) is 1. The van der Waals surface area contributed by atoms with Crippen molar-refractivity contribution in [3.8, 4) is 0 Å². The molecule has 1 fully saturated rings. The van der Waals surface area contributed by atoms with Gasteiger partial charge in [-0.3, -0.25) is 4.79 Å². The second kappa shape index (κ2) is 2.24. The van der Waals surface area contributed by atoms with Gasteiger partial charge in [0.1, 0.15) is 0 Å². The van der Waals surface area contributed by atoms with E-state index in [9.17, 15) is 4.79 Å². The topological polar surface area (TPSA) is 37.3 Å². The highest BCUT2D eigenvalue weighted by Gasteiger charge is 2.62. The Bertz CT molecular complexity index is 238. The molecule has 2 nitrogen and oxygen atoms in total. The van der Waals surface area contributed by atoms with Crippen molar-refractivity contribution in [1.82, 2.24) is 0 Å². The van der Waals surface area contributed by atoms with Crippen molar-refractivity contribution in [2.75, 3.05) is 0 Å². The third-order valence-electron chi connectivity index (χ3n) is 2.83. The molecule has 3 unspecified atom stereocenters. The Morgan fingerprint density at radius 2 is 2.36 bits per heavy atom. The molecule has 11 heavy (non-hydrogen) atoms. The molecule has 60 valence electrons. The van der Waals surface area contributed by atoms with Crippen LogP contribution in [0.5, 0.6) is 0 Å². The van der Waals surface area contributed by atoms with Gasteiger partial charge in [-0.25, -0.2) is 0 Å². The van der Waals surface area contributed by atoms with Gasteiger partial charge in [-0.1, -0.05) is 13.5 Å². The van der Waals surface area contributed by atoms with Crippen LogP contribution in [0.2, 0.25) is 0 Å². The maximum Gasteiger partial charge on any atom is 0.310 e. The van der Waals surface area contributed by atoms with E-state index in [-0.39, 0.29) is 11.8 Å². The van der Waals surface area contributed by atoms with Crippen LogP contribution in [0.1, 0.15) is 13.8 Å². The molecule has 0 radical (unpaired) electrons. The summed E-state index contributed by atoms with van der Waals surface area (Å²) in [4.78, 5) is 10.7. The molecule has 0 aromatic carbocycles. The Kier molecular flexibility index (Phi) is 1.65. The van der Waals surface area contributed by atoms with Gasteiger partial charge in [0.2, 0.25) is 0 Å². The first-order valence-corrected chi connectivity index (χ1v) is 3.64. The maximum absolute atomic E-state index is 10.7. The fourth-order valence-electron chi connectivity index (χ4n) is 1.55. The highest BCUT2D eigenvalue weighted by molar-refractivity contribution is 5.79. The van der Waals surface area contributed by atoms with Gasteiger partial charge in [0, 0.05) is 5.92 Å². The summed E-state index contributed by atoms with van der Waals surface area (Å²) in [6.07, 6.45) is 1.75. The third kappa shape index (κ3) is 0.908. The monoisotopic (exact) mass is 152 g/mol. The van der Waals surface area contributed by atoms with Gasteiger partial charge < -0.3 is 5.11 Å². The summed E-state index contributed by atoms with van der Waals surface area (Å²) in [6.45, 7) is 7.13. The van der Waals surface area contributed by atoms with E-state index in [0.29, 0.717) is 0 Å². The summed E-state index contributed by atoms with van der Waals surface area (Å²) >= 11 is 0. The van der Waals surface area contributed by atoms with E-state index in [1.165, 1.54) is 0 Å². The first-order valence-electron chi connectivity index (χ1n) is 3.64. The molecule has 0 aliphatic heterocycles. The van der Waals surface area contributed by atoms with E-state index in [4.69, 9.17) is 5.11 Å². The largest absolute Gasteiger partial charge is 0.481 e. The molecule has 1 N–H and O–H groups in total. The van der Waals surface area contributed by atoms with Crippen molar-refractivity contribution in [2.45, 2.75) is 13.8 Å². The molecule has 1 aliphatic rings. The minimum Gasteiger partial charge on any atom is -0.481 e.